The van der Waals surface area contributed by atoms with E-state index in [2.05, 4.69) is 60.4 Å². The lowest BCUT2D eigenvalue weighted by Gasteiger charge is -2.37. The van der Waals surface area contributed by atoms with Crippen molar-refractivity contribution in [1.29, 1.82) is 0 Å². The van der Waals surface area contributed by atoms with Gasteiger partial charge in [-0.15, -0.1) is 0 Å². The van der Waals surface area contributed by atoms with Gasteiger partial charge in [0.1, 0.15) is 0 Å². The normalized spacial score (nSPS) is 20.7. The standard InChI is InChI=1S/C19H24N2O/c1-15-14-21(11-12-22-15)19(13-20)18-9-7-17(8-10-18)16-5-3-2-4-6-16/h2-10,15,19H,11-14,20H2,1H3. The van der Waals surface area contributed by atoms with Gasteiger partial charge in [0.15, 0.2) is 0 Å². The Morgan fingerprint density at radius 1 is 1.09 bits per heavy atom. The lowest BCUT2D eigenvalue weighted by molar-refractivity contribution is -0.0333. The highest BCUT2D eigenvalue weighted by Gasteiger charge is 2.24. The van der Waals surface area contributed by atoms with Crippen molar-refractivity contribution in [3.63, 3.8) is 0 Å². The van der Waals surface area contributed by atoms with Crippen LogP contribution in [0.2, 0.25) is 0 Å². The molecule has 1 heterocycles. The van der Waals surface area contributed by atoms with Crippen molar-refractivity contribution in [2.24, 2.45) is 5.73 Å². The monoisotopic (exact) mass is 296 g/mol. The molecule has 3 nitrogen and oxygen atoms in total. The van der Waals surface area contributed by atoms with Crippen LogP contribution in [-0.2, 0) is 4.74 Å². The second kappa shape index (κ2) is 7.05. The fourth-order valence-corrected chi connectivity index (χ4v) is 3.15. The maximum absolute atomic E-state index is 6.05. The molecule has 2 N–H and O–H groups in total. The predicted molar refractivity (Wildman–Crippen MR) is 90.7 cm³/mol. The van der Waals surface area contributed by atoms with Crippen molar-refractivity contribution in [3.8, 4) is 11.1 Å². The summed E-state index contributed by atoms with van der Waals surface area (Å²) in [5.74, 6) is 0. The molecule has 1 aliphatic heterocycles. The van der Waals surface area contributed by atoms with Crippen LogP contribution in [0, 0.1) is 0 Å². The molecular weight excluding hydrogens is 272 g/mol. The number of rotatable bonds is 4. The second-order valence-electron chi connectivity index (χ2n) is 5.92. The third-order valence-electron chi connectivity index (χ3n) is 4.34. The van der Waals surface area contributed by atoms with Crippen LogP contribution in [-0.4, -0.2) is 37.2 Å². The van der Waals surface area contributed by atoms with E-state index in [4.69, 9.17) is 10.5 Å². The van der Waals surface area contributed by atoms with Crippen LogP contribution in [0.4, 0.5) is 0 Å². The Bertz CT molecular complexity index is 582. The molecule has 22 heavy (non-hydrogen) atoms. The van der Waals surface area contributed by atoms with Crippen LogP contribution in [0.3, 0.4) is 0 Å². The molecule has 116 valence electrons. The Morgan fingerprint density at radius 3 is 2.41 bits per heavy atom. The minimum Gasteiger partial charge on any atom is -0.376 e. The smallest absolute Gasteiger partial charge is 0.0674 e. The zero-order valence-electron chi connectivity index (χ0n) is 13.1. The number of hydrogen-bond donors (Lipinski definition) is 1. The molecule has 2 aromatic rings. The molecule has 0 spiro atoms. The summed E-state index contributed by atoms with van der Waals surface area (Å²) in [4.78, 5) is 2.44. The fourth-order valence-electron chi connectivity index (χ4n) is 3.15. The molecule has 1 aliphatic rings. The van der Waals surface area contributed by atoms with E-state index in [1.165, 1.54) is 16.7 Å². The summed E-state index contributed by atoms with van der Waals surface area (Å²) in [6.07, 6.45) is 0.284. The Kier molecular flexibility index (Phi) is 4.88. The first kappa shape index (κ1) is 15.2. The van der Waals surface area contributed by atoms with Crippen LogP contribution in [0.1, 0.15) is 18.5 Å². The van der Waals surface area contributed by atoms with E-state index >= 15 is 0 Å². The number of nitrogens with two attached hydrogens (primary N) is 1. The predicted octanol–water partition coefficient (Wildman–Crippen LogP) is 3.07. The summed E-state index contributed by atoms with van der Waals surface area (Å²) in [5.41, 5.74) is 9.83. The molecule has 0 aromatic heterocycles. The van der Waals surface area contributed by atoms with E-state index in [1.807, 2.05) is 6.07 Å². The van der Waals surface area contributed by atoms with Crippen molar-refractivity contribution in [3.05, 3.63) is 60.2 Å². The van der Waals surface area contributed by atoms with E-state index in [9.17, 15) is 0 Å². The van der Waals surface area contributed by atoms with Crippen LogP contribution < -0.4 is 5.73 Å². The van der Waals surface area contributed by atoms with Gasteiger partial charge in [0.05, 0.1) is 12.7 Å². The van der Waals surface area contributed by atoms with Gasteiger partial charge in [0, 0.05) is 25.7 Å². The number of ether oxygens (including phenoxy) is 1. The number of nitrogens with zero attached hydrogens (tertiary/aromatic N) is 1. The first-order valence-electron chi connectivity index (χ1n) is 7.99. The van der Waals surface area contributed by atoms with Gasteiger partial charge < -0.3 is 10.5 Å². The van der Waals surface area contributed by atoms with Gasteiger partial charge in [0.2, 0.25) is 0 Å². The van der Waals surface area contributed by atoms with Gasteiger partial charge in [0.25, 0.3) is 0 Å². The van der Waals surface area contributed by atoms with Crippen LogP contribution in [0.5, 0.6) is 0 Å². The van der Waals surface area contributed by atoms with E-state index in [1.54, 1.807) is 0 Å². The van der Waals surface area contributed by atoms with Crippen molar-refractivity contribution >= 4 is 0 Å². The minimum absolute atomic E-state index is 0.274. The summed E-state index contributed by atoms with van der Waals surface area (Å²) in [6.45, 7) is 5.45. The van der Waals surface area contributed by atoms with Gasteiger partial charge >= 0.3 is 0 Å². The first-order chi connectivity index (χ1) is 10.8. The number of hydrogen-bond acceptors (Lipinski definition) is 3. The Labute approximate surface area is 132 Å². The minimum atomic E-state index is 0.274. The first-order valence-corrected chi connectivity index (χ1v) is 7.99. The summed E-state index contributed by atoms with van der Waals surface area (Å²) >= 11 is 0. The van der Waals surface area contributed by atoms with E-state index in [0.717, 1.165) is 19.7 Å². The fraction of sp³-hybridized carbons (Fsp3) is 0.368. The summed E-state index contributed by atoms with van der Waals surface area (Å²) < 4.78 is 5.63. The van der Waals surface area contributed by atoms with E-state index < -0.39 is 0 Å². The van der Waals surface area contributed by atoms with Crippen molar-refractivity contribution in [1.82, 2.24) is 4.90 Å². The van der Waals surface area contributed by atoms with Gasteiger partial charge in [-0.3, -0.25) is 4.90 Å². The molecule has 1 fully saturated rings. The van der Waals surface area contributed by atoms with Gasteiger partial charge in [-0.2, -0.15) is 0 Å². The lowest BCUT2D eigenvalue weighted by Crippen LogP contribution is -2.45. The maximum Gasteiger partial charge on any atom is 0.0674 e. The zero-order chi connectivity index (χ0) is 15.4. The van der Waals surface area contributed by atoms with Crippen molar-refractivity contribution in [2.75, 3.05) is 26.2 Å². The molecule has 2 aromatic carbocycles. The quantitative estimate of drug-likeness (QED) is 0.942. The number of benzene rings is 2. The Morgan fingerprint density at radius 2 is 1.77 bits per heavy atom. The van der Waals surface area contributed by atoms with Crippen LogP contribution in [0.15, 0.2) is 54.6 Å². The third-order valence-corrected chi connectivity index (χ3v) is 4.34. The molecule has 1 saturated heterocycles. The molecule has 2 unspecified atom stereocenters. The second-order valence-corrected chi connectivity index (χ2v) is 5.92. The topological polar surface area (TPSA) is 38.5 Å². The van der Waals surface area contributed by atoms with Gasteiger partial charge in [-0.1, -0.05) is 54.6 Å². The lowest BCUT2D eigenvalue weighted by atomic mass is 9.99. The highest BCUT2D eigenvalue weighted by atomic mass is 16.5. The van der Waals surface area contributed by atoms with E-state index in [-0.39, 0.29) is 12.1 Å². The van der Waals surface area contributed by atoms with Gasteiger partial charge in [-0.05, 0) is 23.6 Å². The van der Waals surface area contributed by atoms with Gasteiger partial charge in [-0.25, -0.2) is 0 Å². The SMILES string of the molecule is CC1CN(C(CN)c2ccc(-c3ccccc3)cc2)CCO1. The molecule has 0 aliphatic carbocycles. The van der Waals surface area contributed by atoms with E-state index in [0.29, 0.717) is 6.54 Å². The van der Waals surface area contributed by atoms with Crippen LogP contribution >= 0.6 is 0 Å². The zero-order valence-corrected chi connectivity index (χ0v) is 13.1. The Hall–Kier alpha value is -1.68. The molecule has 0 radical (unpaired) electrons. The summed E-state index contributed by atoms with van der Waals surface area (Å²) in [5, 5.41) is 0. The molecular formula is C19H24N2O. The molecule has 0 saturated carbocycles. The molecule has 0 bridgehead atoms. The summed E-state index contributed by atoms with van der Waals surface area (Å²) in [6, 6.07) is 19.5. The van der Waals surface area contributed by atoms with Crippen LogP contribution in [0.25, 0.3) is 11.1 Å². The van der Waals surface area contributed by atoms with Crippen molar-refractivity contribution < 1.29 is 4.74 Å². The largest absolute Gasteiger partial charge is 0.376 e. The van der Waals surface area contributed by atoms with Crippen molar-refractivity contribution in [2.45, 2.75) is 19.1 Å². The molecule has 0 amide bonds. The third kappa shape index (κ3) is 3.38. The Balaban J connectivity index is 1.78. The number of morpholine rings is 1. The highest BCUT2D eigenvalue weighted by molar-refractivity contribution is 5.63. The summed E-state index contributed by atoms with van der Waals surface area (Å²) in [7, 11) is 0. The highest BCUT2D eigenvalue weighted by Crippen LogP contribution is 2.25. The average molecular weight is 296 g/mol. The molecule has 2 atom stereocenters. The molecule has 3 rings (SSSR count). The maximum atomic E-state index is 6.05. The molecule has 3 heteroatoms. The average Bonchev–Trinajstić information content (AvgIpc) is 2.57.